The number of amides is 1. The number of thiazole rings is 1. The molecule has 0 unspecified atom stereocenters. The van der Waals surface area contributed by atoms with Crippen LogP contribution < -0.4 is 15.5 Å². The van der Waals surface area contributed by atoms with E-state index in [0.717, 1.165) is 32.1 Å². The number of aryl methyl sites for hydroxylation is 1. The van der Waals surface area contributed by atoms with Crippen LogP contribution in [0.3, 0.4) is 0 Å². The van der Waals surface area contributed by atoms with Crippen molar-refractivity contribution in [2.24, 2.45) is 5.10 Å². The van der Waals surface area contributed by atoms with Crippen LogP contribution in [-0.4, -0.2) is 17.1 Å². The molecule has 2 N–H and O–H groups in total. The van der Waals surface area contributed by atoms with Crippen LogP contribution >= 0.6 is 27.3 Å². The minimum Gasteiger partial charge on any atom is -0.488 e. The average molecular weight is 623 g/mol. The van der Waals surface area contributed by atoms with Gasteiger partial charge in [-0.3, -0.25) is 4.79 Å². The van der Waals surface area contributed by atoms with E-state index in [4.69, 9.17) is 4.74 Å². The van der Waals surface area contributed by atoms with E-state index < -0.39 is 0 Å². The first kappa shape index (κ1) is 27.8. The minimum atomic E-state index is -0.340. The van der Waals surface area contributed by atoms with Crippen LogP contribution in [0.25, 0.3) is 11.3 Å². The number of hydrazone groups is 1. The maximum absolute atomic E-state index is 12.7. The monoisotopic (exact) mass is 621 g/mol. The number of halogens is 1. The first-order valence-corrected chi connectivity index (χ1v) is 14.3. The molecule has 1 amide bonds. The molecule has 41 heavy (non-hydrogen) atoms. The molecule has 0 fully saturated rings. The number of carbonyl (C=O) groups is 1. The van der Waals surface area contributed by atoms with Crippen molar-refractivity contribution < 1.29 is 9.53 Å². The van der Waals surface area contributed by atoms with E-state index in [9.17, 15) is 10.1 Å². The largest absolute Gasteiger partial charge is 0.488 e. The van der Waals surface area contributed by atoms with Gasteiger partial charge in [-0.25, -0.2) is 10.4 Å². The summed E-state index contributed by atoms with van der Waals surface area (Å²) in [7, 11) is 0. The Labute approximate surface area is 250 Å². The molecular weight excluding hydrogens is 598 g/mol. The van der Waals surface area contributed by atoms with Crippen molar-refractivity contribution in [3.8, 4) is 23.1 Å². The molecule has 1 aromatic heterocycles. The SMILES string of the molecule is Cc1ccc(Nc2nc(-c3ccc(C(=O)N/N=C\c4cc(Br)ccc4OCc4ccccc4C#N)cc3)cs2)cc1. The lowest BCUT2D eigenvalue weighted by Gasteiger charge is -2.10. The summed E-state index contributed by atoms with van der Waals surface area (Å²) < 4.78 is 6.81. The predicted octanol–water partition coefficient (Wildman–Crippen LogP) is 7.84. The lowest BCUT2D eigenvalue weighted by molar-refractivity contribution is 0.0955. The van der Waals surface area contributed by atoms with E-state index in [2.05, 4.69) is 49.8 Å². The molecule has 0 radical (unpaired) electrons. The van der Waals surface area contributed by atoms with Gasteiger partial charge in [0.2, 0.25) is 0 Å². The third-order valence-corrected chi connectivity index (χ3v) is 7.36. The van der Waals surface area contributed by atoms with Crippen molar-refractivity contribution in [1.29, 1.82) is 5.26 Å². The highest BCUT2D eigenvalue weighted by Gasteiger charge is 2.10. The second-order valence-corrected chi connectivity index (χ2v) is 10.8. The summed E-state index contributed by atoms with van der Waals surface area (Å²) in [4.78, 5) is 17.4. The number of benzene rings is 4. The number of nitrogens with one attached hydrogen (secondary N) is 2. The predicted molar refractivity (Wildman–Crippen MR) is 167 cm³/mol. The number of anilines is 2. The molecule has 202 valence electrons. The number of ether oxygens (including phenoxy) is 1. The first-order valence-electron chi connectivity index (χ1n) is 12.6. The van der Waals surface area contributed by atoms with E-state index >= 15 is 0 Å². The van der Waals surface area contributed by atoms with Crippen LogP contribution in [0.4, 0.5) is 10.8 Å². The van der Waals surface area contributed by atoms with E-state index in [1.807, 2.05) is 72.1 Å². The van der Waals surface area contributed by atoms with Gasteiger partial charge in [0.05, 0.1) is 23.5 Å². The summed E-state index contributed by atoms with van der Waals surface area (Å²) in [5.41, 5.74) is 8.98. The molecule has 0 aliphatic rings. The summed E-state index contributed by atoms with van der Waals surface area (Å²) in [5, 5.41) is 19.6. The zero-order valence-corrected chi connectivity index (χ0v) is 24.4. The normalized spacial score (nSPS) is 10.8. The van der Waals surface area contributed by atoms with Gasteiger partial charge in [0.25, 0.3) is 5.91 Å². The van der Waals surface area contributed by atoms with Crippen LogP contribution in [0.2, 0.25) is 0 Å². The third-order valence-electron chi connectivity index (χ3n) is 6.11. The van der Waals surface area contributed by atoms with Gasteiger partial charge in [-0.2, -0.15) is 10.4 Å². The number of hydrogen-bond acceptors (Lipinski definition) is 7. The Morgan fingerprint density at radius 1 is 1.07 bits per heavy atom. The topological polar surface area (TPSA) is 99.4 Å². The molecule has 9 heteroatoms. The molecule has 5 rings (SSSR count). The van der Waals surface area contributed by atoms with Crippen LogP contribution in [0, 0.1) is 18.3 Å². The number of nitriles is 1. The standard InChI is InChI=1S/C32H24BrN5O2S/c1-21-6-13-28(14-7-21)36-32-37-29(20-41-32)22-8-10-23(11-9-22)31(39)38-35-18-26-16-27(33)12-15-30(26)40-19-25-5-3-2-4-24(25)17-34/h2-16,18,20H,19H2,1H3,(H,36,37)(H,38,39)/b35-18-. The molecular formula is C32H24BrN5O2S. The van der Waals surface area contributed by atoms with Gasteiger partial charge in [0.1, 0.15) is 12.4 Å². The molecule has 5 aromatic rings. The van der Waals surface area contributed by atoms with Gasteiger partial charge in [0, 0.05) is 37.8 Å². The smallest absolute Gasteiger partial charge is 0.271 e. The number of carbonyl (C=O) groups excluding carboxylic acids is 1. The molecule has 1 heterocycles. The van der Waals surface area contributed by atoms with Gasteiger partial charge in [0.15, 0.2) is 5.13 Å². The maximum atomic E-state index is 12.7. The second kappa shape index (κ2) is 13.0. The van der Waals surface area contributed by atoms with Gasteiger partial charge >= 0.3 is 0 Å². The van der Waals surface area contributed by atoms with Crippen molar-refractivity contribution in [2.45, 2.75) is 13.5 Å². The Hall–Kier alpha value is -4.78. The zero-order valence-electron chi connectivity index (χ0n) is 22.0. The maximum Gasteiger partial charge on any atom is 0.271 e. The van der Waals surface area contributed by atoms with E-state index in [-0.39, 0.29) is 12.5 Å². The van der Waals surface area contributed by atoms with E-state index in [0.29, 0.717) is 22.4 Å². The molecule has 0 atom stereocenters. The minimum absolute atomic E-state index is 0.230. The van der Waals surface area contributed by atoms with Crippen molar-refractivity contribution in [3.05, 3.63) is 129 Å². The van der Waals surface area contributed by atoms with Crippen molar-refractivity contribution in [2.75, 3.05) is 5.32 Å². The fraction of sp³-hybridized carbons (Fsp3) is 0.0625. The Balaban J connectivity index is 1.20. The van der Waals surface area contributed by atoms with Gasteiger partial charge in [-0.05, 0) is 55.5 Å². The molecule has 0 aliphatic carbocycles. The van der Waals surface area contributed by atoms with Gasteiger partial charge < -0.3 is 10.1 Å². The molecule has 0 spiro atoms. The molecule has 0 saturated heterocycles. The van der Waals surface area contributed by atoms with Gasteiger partial charge in [-0.15, -0.1) is 11.3 Å². The molecule has 0 saturated carbocycles. The summed E-state index contributed by atoms with van der Waals surface area (Å²) in [6, 6.07) is 30.3. The van der Waals surface area contributed by atoms with Gasteiger partial charge in [-0.1, -0.05) is 64.0 Å². The Bertz CT molecular complexity index is 1740. The Morgan fingerprint density at radius 3 is 2.63 bits per heavy atom. The lowest BCUT2D eigenvalue weighted by Crippen LogP contribution is -2.17. The fourth-order valence-corrected chi connectivity index (χ4v) is 5.02. The van der Waals surface area contributed by atoms with E-state index in [1.54, 1.807) is 24.3 Å². The first-order chi connectivity index (χ1) is 20.0. The van der Waals surface area contributed by atoms with Crippen molar-refractivity contribution in [1.82, 2.24) is 10.4 Å². The Kier molecular flexibility index (Phi) is 8.84. The fourth-order valence-electron chi connectivity index (χ4n) is 3.90. The van der Waals surface area contributed by atoms with Crippen LogP contribution in [-0.2, 0) is 6.61 Å². The molecule has 7 nitrogen and oxygen atoms in total. The number of aromatic nitrogens is 1. The lowest BCUT2D eigenvalue weighted by atomic mass is 10.1. The average Bonchev–Trinajstić information content (AvgIpc) is 3.46. The highest BCUT2D eigenvalue weighted by Crippen LogP contribution is 2.28. The summed E-state index contributed by atoms with van der Waals surface area (Å²) >= 11 is 4.98. The molecule has 0 bridgehead atoms. The van der Waals surface area contributed by atoms with E-state index in [1.165, 1.54) is 23.1 Å². The molecule has 4 aromatic carbocycles. The molecule has 0 aliphatic heterocycles. The quantitative estimate of drug-likeness (QED) is 0.129. The number of nitrogens with zero attached hydrogens (tertiary/aromatic N) is 3. The van der Waals surface area contributed by atoms with Crippen molar-refractivity contribution in [3.63, 3.8) is 0 Å². The Morgan fingerprint density at radius 2 is 1.85 bits per heavy atom. The number of hydrogen-bond donors (Lipinski definition) is 2. The highest BCUT2D eigenvalue weighted by atomic mass is 79.9. The zero-order chi connectivity index (χ0) is 28.6. The highest BCUT2D eigenvalue weighted by molar-refractivity contribution is 9.10. The van der Waals surface area contributed by atoms with Crippen LogP contribution in [0.1, 0.15) is 32.6 Å². The summed E-state index contributed by atoms with van der Waals surface area (Å²) in [6.45, 7) is 2.28. The summed E-state index contributed by atoms with van der Waals surface area (Å²) in [5.74, 6) is 0.232. The van der Waals surface area contributed by atoms with Crippen LogP contribution in [0.15, 0.2) is 106 Å². The summed E-state index contributed by atoms with van der Waals surface area (Å²) in [6.07, 6.45) is 1.53. The second-order valence-electron chi connectivity index (χ2n) is 9.05. The number of rotatable bonds is 9. The third kappa shape index (κ3) is 7.25. The van der Waals surface area contributed by atoms with Crippen LogP contribution in [0.5, 0.6) is 5.75 Å². The van der Waals surface area contributed by atoms with Crippen molar-refractivity contribution >= 4 is 50.2 Å².